The Labute approximate surface area is 194 Å². The van der Waals surface area contributed by atoms with E-state index < -0.39 is 11.2 Å². The lowest BCUT2D eigenvalue weighted by atomic mass is 9.71. The Morgan fingerprint density at radius 2 is 1.84 bits per heavy atom. The van der Waals surface area contributed by atoms with E-state index in [9.17, 15) is 9.65 Å². The van der Waals surface area contributed by atoms with Crippen molar-refractivity contribution in [2.75, 3.05) is 45.9 Å². The fourth-order valence-corrected chi connectivity index (χ4v) is 5.09. The molecule has 2 heterocycles. The molecule has 0 aliphatic carbocycles. The minimum atomic E-state index is -0.430. The zero-order chi connectivity index (χ0) is 23.0. The zero-order valence-electron chi connectivity index (χ0n) is 18.9. The van der Waals surface area contributed by atoms with Crippen molar-refractivity contribution < 1.29 is 9.13 Å². The third kappa shape index (κ3) is 5.86. The van der Waals surface area contributed by atoms with Crippen LogP contribution in [-0.4, -0.2) is 55.7 Å². The maximum Gasteiger partial charge on any atom is 0.137 e. The molecular formula is C25H31FN4OS. The largest absolute Gasteiger partial charge is 0.491 e. The van der Waals surface area contributed by atoms with E-state index >= 15 is 0 Å². The highest BCUT2D eigenvalue weighted by Gasteiger charge is 2.36. The van der Waals surface area contributed by atoms with Gasteiger partial charge in [0.15, 0.2) is 0 Å². The number of rotatable bonds is 10. The summed E-state index contributed by atoms with van der Waals surface area (Å²) in [4.78, 5) is 4.83. The summed E-state index contributed by atoms with van der Waals surface area (Å²) in [6.07, 6.45) is 1.89. The second-order valence-corrected chi connectivity index (χ2v) is 9.42. The van der Waals surface area contributed by atoms with Gasteiger partial charge < -0.3 is 9.64 Å². The fourth-order valence-electron chi connectivity index (χ4n) is 4.35. The van der Waals surface area contributed by atoms with Crippen molar-refractivity contribution in [2.45, 2.75) is 32.1 Å². The normalized spacial score (nSPS) is 16.9. The summed E-state index contributed by atoms with van der Waals surface area (Å²) in [6.45, 7) is 10.5. The Morgan fingerprint density at radius 3 is 2.44 bits per heavy atom. The number of piperazine rings is 1. The molecule has 0 saturated carbocycles. The van der Waals surface area contributed by atoms with Crippen LogP contribution >= 0.6 is 11.3 Å². The zero-order valence-corrected chi connectivity index (χ0v) is 19.7. The van der Waals surface area contributed by atoms with Crippen LogP contribution in [0.25, 0.3) is 0 Å². The molecule has 0 N–H and O–H groups in total. The maximum atomic E-state index is 13.2. The van der Waals surface area contributed by atoms with E-state index in [0.717, 1.165) is 57.7 Å². The first-order valence-electron chi connectivity index (χ1n) is 11.2. The van der Waals surface area contributed by atoms with Gasteiger partial charge in [0, 0.05) is 32.7 Å². The average molecular weight is 455 g/mol. The first-order chi connectivity index (χ1) is 15.5. The van der Waals surface area contributed by atoms with Crippen molar-refractivity contribution in [3.05, 3.63) is 52.0 Å². The molecule has 5 nitrogen and oxygen atoms in total. The van der Waals surface area contributed by atoms with Crippen molar-refractivity contribution >= 4 is 11.3 Å². The standard InChI is InChI=1S/C25H31FN4OS/c1-20(2)25(19-28,22-6-15-32-18-22)7-3-8-29-9-11-30(12-10-29)13-14-31-24-5-4-23(26)16-21(24)17-27/h4-6,15-16,18,20H,3,7-14H2,1-2H3. The summed E-state index contributed by atoms with van der Waals surface area (Å²) >= 11 is 1.66. The summed E-state index contributed by atoms with van der Waals surface area (Å²) in [5, 5.41) is 23.3. The topological polar surface area (TPSA) is 63.3 Å². The molecule has 0 radical (unpaired) electrons. The van der Waals surface area contributed by atoms with Crippen LogP contribution in [0.3, 0.4) is 0 Å². The first-order valence-corrected chi connectivity index (χ1v) is 12.1. The van der Waals surface area contributed by atoms with Gasteiger partial charge in [0.05, 0.1) is 17.0 Å². The van der Waals surface area contributed by atoms with Gasteiger partial charge in [-0.25, -0.2) is 4.39 Å². The molecule has 0 bridgehead atoms. The number of nitriles is 2. The number of hydrogen-bond acceptors (Lipinski definition) is 6. The molecule has 1 unspecified atom stereocenters. The van der Waals surface area contributed by atoms with Crippen molar-refractivity contribution in [3.63, 3.8) is 0 Å². The van der Waals surface area contributed by atoms with Crippen molar-refractivity contribution in [2.24, 2.45) is 5.92 Å². The highest BCUT2D eigenvalue weighted by Crippen LogP contribution is 2.37. The van der Waals surface area contributed by atoms with E-state index in [-0.39, 0.29) is 11.5 Å². The number of halogens is 1. The summed E-state index contributed by atoms with van der Waals surface area (Å²) in [5.41, 5.74) is 0.986. The smallest absolute Gasteiger partial charge is 0.137 e. The van der Waals surface area contributed by atoms with Gasteiger partial charge in [-0.1, -0.05) is 13.8 Å². The Hall–Kier alpha value is -2.45. The number of nitrogens with zero attached hydrogens (tertiary/aromatic N) is 4. The minimum Gasteiger partial charge on any atom is -0.491 e. The summed E-state index contributed by atoms with van der Waals surface area (Å²) in [5.74, 6) is 0.284. The molecule has 1 fully saturated rings. The lowest BCUT2D eigenvalue weighted by Crippen LogP contribution is -2.47. The van der Waals surface area contributed by atoms with Crippen LogP contribution in [0.1, 0.15) is 37.8 Å². The van der Waals surface area contributed by atoms with E-state index in [0.29, 0.717) is 12.4 Å². The fraction of sp³-hybridized carbons (Fsp3) is 0.520. The van der Waals surface area contributed by atoms with Crippen LogP contribution in [-0.2, 0) is 5.41 Å². The number of ether oxygens (including phenoxy) is 1. The van der Waals surface area contributed by atoms with Crippen LogP contribution in [0.4, 0.5) is 4.39 Å². The van der Waals surface area contributed by atoms with Crippen molar-refractivity contribution in [1.29, 1.82) is 10.5 Å². The molecular weight excluding hydrogens is 423 g/mol. The molecule has 3 rings (SSSR count). The van der Waals surface area contributed by atoms with Gasteiger partial charge in [0.1, 0.15) is 24.2 Å². The van der Waals surface area contributed by atoms with E-state index in [2.05, 4.69) is 46.5 Å². The number of hydrogen-bond donors (Lipinski definition) is 0. The van der Waals surface area contributed by atoms with E-state index in [1.54, 1.807) is 11.3 Å². The first kappa shape index (κ1) is 24.2. The molecule has 170 valence electrons. The molecule has 1 aliphatic heterocycles. The Bertz CT molecular complexity index is 942. The molecule has 1 aliphatic rings. The van der Waals surface area contributed by atoms with E-state index in [1.165, 1.54) is 18.2 Å². The van der Waals surface area contributed by atoms with Crippen LogP contribution in [0, 0.1) is 34.4 Å². The Kier molecular flexibility index (Phi) is 8.64. The predicted molar refractivity (Wildman–Crippen MR) is 125 cm³/mol. The van der Waals surface area contributed by atoms with Gasteiger partial charge in [0.2, 0.25) is 0 Å². The van der Waals surface area contributed by atoms with Gasteiger partial charge in [-0.05, 0) is 65.9 Å². The van der Waals surface area contributed by atoms with Crippen LogP contribution < -0.4 is 4.74 Å². The molecule has 32 heavy (non-hydrogen) atoms. The second-order valence-electron chi connectivity index (χ2n) is 8.64. The number of benzene rings is 1. The molecule has 0 amide bonds. The van der Waals surface area contributed by atoms with Gasteiger partial charge >= 0.3 is 0 Å². The van der Waals surface area contributed by atoms with Crippen molar-refractivity contribution in [1.82, 2.24) is 9.80 Å². The summed E-state index contributed by atoms with van der Waals surface area (Å²) in [6, 6.07) is 10.7. The van der Waals surface area contributed by atoms with Crippen molar-refractivity contribution in [3.8, 4) is 17.9 Å². The third-order valence-corrected chi connectivity index (χ3v) is 7.14. The predicted octanol–water partition coefficient (Wildman–Crippen LogP) is 4.65. The lowest BCUT2D eigenvalue weighted by Gasteiger charge is -2.36. The van der Waals surface area contributed by atoms with Gasteiger partial charge in [-0.3, -0.25) is 4.90 Å². The molecule has 0 spiro atoms. The average Bonchev–Trinajstić information content (AvgIpc) is 3.34. The third-order valence-electron chi connectivity index (χ3n) is 6.46. The highest BCUT2D eigenvalue weighted by molar-refractivity contribution is 7.08. The second kappa shape index (κ2) is 11.4. The lowest BCUT2D eigenvalue weighted by molar-refractivity contribution is 0.114. The van der Waals surface area contributed by atoms with Crippen LogP contribution in [0.2, 0.25) is 0 Å². The molecule has 1 aromatic heterocycles. The molecule has 2 aromatic rings. The maximum absolute atomic E-state index is 13.2. The van der Waals surface area contributed by atoms with Crippen LogP contribution in [0.15, 0.2) is 35.0 Å². The highest BCUT2D eigenvalue weighted by atomic mass is 32.1. The molecule has 1 aromatic carbocycles. The monoisotopic (exact) mass is 454 g/mol. The Balaban J connectivity index is 1.40. The summed E-state index contributed by atoms with van der Waals surface area (Å²) in [7, 11) is 0. The molecule has 7 heteroatoms. The van der Waals surface area contributed by atoms with Gasteiger partial charge in [0.25, 0.3) is 0 Å². The number of thiophene rings is 1. The van der Waals surface area contributed by atoms with E-state index in [1.807, 2.05) is 6.07 Å². The van der Waals surface area contributed by atoms with Gasteiger partial charge in [-0.15, -0.1) is 0 Å². The molecule has 1 atom stereocenters. The Morgan fingerprint density at radius 1 is 1.12 bits per heavy atom. The van der Waals surface area contributed by atoms with Crippen LogP contribution in [0.5, 0.6) is 5.75 Å². The quantitative estimate of drug-likeness (QED) is 0.523. The minimum absolute atomic E-state index is 0.229. The van der Waals surface area contributed by atoms with E-state index in [4.69, 9.17) is 10.00 Å². The molecule has 1 saturated heterocycles. The van der Waals surface area contributed by atoms with Gasteiger partial charge in [-0.2, -0.15) is 21.9 Å². The summed E-state index contributed by atoms with van der Waals surface area (Å²) < 4.78 is 18.9. The SMILES string of the molecule is CC(C)C(C#N)(CCCN1CCN(CCOc2ccc(F)cc2C#N)CC1)c1ccsc1.